The molecule has 0 fully saturated rings. The molecule has 1 aliphatic rings. The molecule has 11 aromatic rings. The quantitative estimate of drug-likeness (QED) is 0.155. The molecule has 298 valence electrons. The van der Waals surface area contributed by atoms with Gasteiger partial charge in [0.05, 0.1) is 5.69 Å². The zero-order valence-corrected chi connectivity index (χ0v) is 36.0. The summed E-state index contributed by atoms with van der Waals surface area (Å²) < 4.78 is 2.59. The molecule has 0 bridgehead atoms. The van der Waals surface area contributed by atoms with E-state index >= 15 is 0 Å². The van der Waals surface area contributed by atoms with E-state index in [0.717, 1.165) is 11.4 Å². The van der Waals surface area contributed by atoms with E-state index in [1.165, 1.54) is 103 Å². The molecule has 0 N–H and O–H groups in total. The van der Waals surface area contributed by atoms with Crippen molar-refractivity contribution in [1.82, 2.24) is 0 Å². The van der Waals surface area contributed by atoms with Gasteiger partial charge in [0, 0.05) is 37.0 Å². The molecule has 0 aliphatic heterocycles. The lowest BCUT2D eigenvalue weighted by Gasteiger charge is -2.27. The Kier molecular flexibility index (Phi) is 8.77. The van der Waals surface area contributed by atoms with Crippen LogP contribution >= 0.6 is 11.3 Å². The Hall–Kier alpha value is -7.52. The fourth-order valence-corrected chi connectivity index (χ4v) is 11.3. The van der Waals surface area contributed by atoms with E-state index in [2.05, 4.69) is 243 Å². The van der Waals surface area contributed by atoms with Gasteiger partial charge in [-0.2, -0.15) is 0 Å². The number of fused-ring (bicyclic) bond motifs is 7. The highest BCUT2D eigenvalue weighted by atomic mass is 32.1. The van der Waals surface area contributed by atoms with Crippen LogP contribution in [0.2, 0.25) is 0 Å². The van der Waals surface area contributed by atoms with Crippen LogP contribution in [0, 0.1) is 0 Å². The van der Waals surface area contributed by atoms with Crippen molar-refractivity contribution >= 4 is 59.3 Å². The lowest BCUT2D eigenvalue weighted by Crippen LogP contribution is -2.16. The monoisotopic (exact) mass is 821 g/mol. The van der Waals surface area contributed by atoms with Gasteiger partial charge in [0.25, 0.3) is 0 Å². The minimum atomic E-state index is -0.0912. The standard InChI is InChI=1S/C61H43NS/c1-61(2)55-23-7-5-19-52(55)53-22-11-21-51(60(53)61)42-31-35-50(36-32-42)62(56-24-12-26-58-59(56)54-20-6-8-25-57(54)63-58)49-33-29-41(30-34-49)44-15-9-16-45(37-44)46-17-10-18-47(39-46)48-28-27-40-13-3-4-14-43(40)38-48/h3-39H,1-2H3. The van der Waals surface area contributed by atoms with E-state index in [1.807, 2.05) is 11.3 Å². The molecule has 1 heterocycles. The molecule has 1 nitrogen and oxygen atoms in total. The van der Waals surface area contributed by atoms with Crippen LogP contribution in [0.15, 0.2) is 224 Å². The van der Waals surface area contributed by atoms with Gasteiger partial charge in [0.2, 0.25) is 0 Å². The van der Waals surface area contributed by atoms with E-state index in [4.69, 9.17) is 0 Å². The van der Waals surface area contributed by atoms with Gasteiger partial charge < -0.3 is 4.90 Å². The molecule has 0 amide bonds. The van der Waals surface area contributed by atoms with Crippen molar-refractivity contribution in [3.05, 3.63) is 236 Å². The summed E-state index contributed by atoms with van der Waals surface area (Å²) in [6.07, 6.45) is 0. The van der Waals surface area contributed by atoms with Crippen molar-refractivity contribution < 1.29 is 0 Å². The van der Waals surface area contributed by atoms with Gasteiger partial charge in [-0.05, 0) is 138 Å². The SMILES string of the molecule is CC1(C)c2ccccc2-c2cccc(-c3ccc(N(c4ccc(-c5cccc(-c6cccc(-c7ccc8ccccc8c7)c6)c5)cc4)c4cccc5sc6ccccc6c45)cc3)c21. The molecule has 0 saturated heterocycles. The number of benzene rings is 10. The molecule has 0 unspecified atom stereocenters. The van der Waals surface area contributed by atoms with Crippen molar-refractivity contribution in [2.24, 2.45) is 0 Å². The second kappa shape index (κ2) is 14.8. The first-order valence-electron chi connectivity index (χ1n) is 21.8. The first-order valence-corrected chi connectivity index (χ1v) is 22.6. The molecule has 0 saturated carbocycles. The van der Waals surface area contributed by atoms with Gasteiger partial charge in [0.15, 0.2) is 0 Å². The minimum Gasteiger partial charge on any atom is -0.310 e. The molecular weight excluding hydrogens is 779 g/mol. The average Bonchev–Trinajstić information content (AvgIpc) is 3.84. The van der Waals surface area contributed by atoms with E-state index in [-0.39, 0.29) is 5.41 Å². The van der Waals surface area contributed by atoms with Crippen LogP contribution < -0.4 is 4.90 Å². The summed E-state index contributed by atoms with van der Waals surface area (Å²) in [5.74, 6) is 0. The van der Waals surface area contributed by atoms with Crippen molar-refractivity contribution in [3.63, 3.8) is 0 Å². The summed E-state index contributed by atoms with van der Waals surface area (Å²) in [4.78, 5) is 2.44. The maximum absolute atomic E-state index is 2.44. The summed E-state index contributed by atoms with van der Waals surface area (Å²) in [7, 11) is 0. The zero-order chi connectivity index (χ0) is 42.1. The van der Waals surface area contributed by atoms with Crippen molar-refractivity contribution in [1.29, 1.82) is 0 Å². The normalized spacial score (nSPS) is 12.7. The van der Waals surface area contributed by atoms with Crippen molar-refractivity contribution in [2.45, 2.75) is 19.3 Å². The molecule has 63 heavy (non-hydrogen) atoms. The second-order valence-corrected chi connectivity index (χ2v) is 18.4. The zero-order valence-electron chi connectivity index (χ0n) is 35.2. The summed E-state index contributed by atoms with van der Waals surface area (Å²) in [5.41, 5.74) is 18.6. The fourth-order valence-electron chi connectivity index (χ4n) is 10.2. The van der Waals surface area contributed by atoms with E-state index in [9.17, 15) is 0 Å². The third-order valence-electron chi connectivity index (χ3n) is 13.2. The molecule has 1 aliphatic carbocycles. The third-order valence-corrected chi connectivity index (χ3v) is 14.4. The first kappa shape index (κ1) is 37.3. The Morgan fingerprint density at radius 1 is 0.365 bits per heavy atom. The van der Waals surface area contributed by atoms with Crippen LogP contribution in [0.1, 0.15) is 25.0 Å². The van der Waals surface area contributed by atoms with Crippen LogP contribution in [-0.4, -0.2) is 0 Å². The number of hydrogen-bond acceptors (Lipinski definition) is 2. The molecular formula is C61H43NS. The van der Waals surface area contributed by atoms with Gasteiger partial charge >= 0.3 is 0 Å². The summed E-state index contributed by atoms with van der Waals surface area (Å²) in [5, 5.41) is 5.09. The van der Waals surface area contributed by atoms with Crippen LogP contribution in [0.5, 0.6) is 0 Å². The Balaban J connectivity index is 0.922. The van der Waals surface area contributed by atoms with Crippen LogP contribution in [0.3, 0.4) is 0 Å². The smallest absolute Gasteiger partial charge is 0.0554 e. The van der Waals surface area contributed by atoms with Crippen LogP contribution in [0.25, 0.3) is 86.6 Å². The molecule has 1 aromatic heterocycles. The molecule has 12 rings (SSSR count). The number of thiophene rings is 1. The number of nitrogens with zero attached hydrogens (tertiary/aromatic N) is 1. The second-order valence-electron chi connectivity index (χ2n) is 17.3. The maximum atomic E-state index is 2.44. The van der Waals surface area contributed by atoms with Crippen molar-refractivity contribution in [3.8, 4) is 55.6 Å². The predicted octanol–water partition coefficient (Wildman–Crippen LogP) is 17.7. The number of hydrogen-bond donors (Lipinski definition) is 0. The molecule has 2 heteroatoms. The average molecular weight is 822 g/mol. The van der Waals surface area contributed by atoms with Crippen LogP contribution in [0.4, 0.5) is 17.1 Å². The summed E-state index contributed by atoms with van der Waals surface area (Å²) >= 11 is 1.86. The lowest BCUT2D eigenvalue weighted by molar-refractivity contribution is 0.662. The van der Waals surface area contributed by atoms with Crippen LogP contribution in [-0.2, 0) is 5.41 Å². The lowest BCUT2D eigenvalue weighted by atomic mass is 9.79. The topological polar surface area (TPSA) is 3.24 Å². The highest BCUT2D eigenvalue weighted by Gasteiger charge is 2.37. The van der Waals surface area contributed by atoms with E-state index < -0.39 is 0 Å². The molecule has 0 atom stereocenters. The van der Waals surface area contributed by atoms with Gasteiger partial charge in [0.1, 0.15) is 0 Å². The largest absolute Gasteiger partial charge is 0.310 e. The Bertz CT molecular complexity index is 3540. The highest BCUT2D eigenvalue weighted by Crippen LogP contribution is 2.52. The molecule has 0 spiro atoms. The Morgan fingerprint density at radius 3 is 1.63 bits per heavy atom. The fraction of sp³-hybridized carbons (Fsp3) is 0.0492. The van der Waals surface area contributed by atoms with Gasteiger partial charge in [-0.1, -0.05) is 178 Å². The van der Waals surface area contributed by atoms with Gasteiger partial charge in [-0.15, -0.1) is 11.3 Å². The predicted molar refractivity (Wildman–Crippen MR) is 271 cm³/mol. The minimum absolute atomic E-state index is 0.0912. The Morgan fingerprint density at radius 2 is 0.889 bits per heavy atom. The number of anilines is 3. The Labute approximate surface area is 372 Å². The maximum Gasteiger partial charge on any atom is 0.0554 e. The molecule has 0 radical (unpaired) electrons. The summed E-state index contributed by atoms with van der Waals surface area (Å²) in [6, 6.07) is 82.8. The van der Waals surface area contributed by atoms with E-state index in [1.54, 1.807) is 0 Å². The number of rotatable bonds is 7. The van der Waals surface area contributed by atoms with Crippen molar-refractivity contribution in [2.75, 3.05) is 4.90 Å². The first-order chi connectivity index (χ1) is 31.0. The van der Waals surface area contributed by atoms with Gasteiger partial charge in [-0.3, -0.25) is 0 Å². The van der Waals surface area contributed by atoms with E-state index in [0.29, 0.717) is 0 Å². The highest BCUT2D eigenvalue weighted by molar-refractivity contribution is 7.26. The van der Waals surface area contributed by atoms with Gasteiger partial charge in [-0.25, -0.2) is 0 Å². The third kappa shape index (κ3) is 6.29. The molecule has 10 aromatic carbocycles. The summed E-state index contributed by atoms with van der Waals surface area (Å²) in [6.45, 7) is 4.74.